The van der Waals surface area contributed by atoms with Gasteiger partial charge in [-0.25, -0.2) is 0 Å². The summed E-state index contributed by atoms with van der Waals surface area (Å²) in [5.41, 5.74) is 0.675. The van der Waals surface area contributed by atoms with Gasteiger partial charge in [-0.05, 0) is 45.0 Å². The zero-order chi connectivity index (χ0) is 21.7. The molecule has 0 aliphatic rings. The van der Waals surface area contributed by atoms with E-state index >= 15 is 0 Å². The fourth-order valence-electron chi connectivity index (χ4n) is 2.96. The van der Waals surface area contributed by atoms with Crippen molar-refractivity contribution in [1.82, 2.24) is 14.8 Å². The number of hydrogen-bond acceptors (Lipinski definition) is 6. The van der Waals surface area contributed by atoms with E-state index in [2.05, 4.69) is 40.0 Å². The maximum absolute atomic E-state index is 12.5. The minimum Gasteiger partial charge on any atom is -0.493 e. The zero-order valence-corrected chi connectivity index (χ0v) is 19.7. The number of aromatic nitrogens is 3. The smallest absolute Gasteiger partial charge is 0.192 e. The van der Waals surface area contributed by atoms with Crippen molar-refractivity contribution in [1.29, 1.82) is 0 Å². The fraction of sp³-hybridized carbons (Fsp3) is 0.318. The Kier molecular flexibility index (Phi) is 7.55. The Morgan fingerprint density at radius 3 is 2.37 bits per heavy atom. The summed E-state index contributed by atoms with van der Waals surface area (Å²) < 4.78 is 14.4. The van der Waals surface area contributed by atoms with E-state index in [0.29, 0.717) is 28.0 Å². The minimum atomic E-state index is -0.340. The number of carbonyl (C=O) groups is 1. The van der Waals surface area contributed by atoms with E-state index in [1.54, 1.807) is 7.11 Å². The van der Waals surface area contributed by atoms with Crippen LogP contribution < -0.4 is 9.47 Å². The van der Waals surface area contributed by atoms with Gasteiger partial charge in [0, 0.05) is 16.1 Å². The van der Waals surface area contributed by atoms with Gasteiger partial charge in [-0.15, -0.1) is 10.2 Å². The highest BCUT2D eigenvalue weighted by molar-refractivity contribution is 9.10. The maximum Gasteiger partial charge on any atom is 0.192 e. The highest BCUT2D eigenvalue weighted by Gasteiger charge is 2.23. The van der Waals surface area contributed by atoms with Crippen LogP contribution in [0.4, 0.5) is 0 Å². The third-order valence-electron chi connectivity index (χ3n) is 4.44. The number of halogens is 1. The molecular weight excluding hydrogens is 466 g/mol. The van der Waals surface area contributed by atoms with Crippen LogP contribution in [0.25, 0.3) is 0 Å². The summed E-state index contributed by atoms with van der Waals surface area (Å²) in [6.45, 7) is 6.04. The Morgan fingerprint density at radius 2 is 1.73 bits per heavy atom. The molecular formula is C22H24BrN3O3S. The monoisotopic (exact) mass is 489 g/mol. The number of Topliss-reactive ketones (excluding diaryl/α,β-unsaturated/α-hetero) is 1. The van der Waals surface area contributed by atoms with Crippen molar-refractivity contribution in [2.24, 2.45) is 0 Å². The predicted molar refractivity (Wildman–Crippen MR) is 122 cm³/mol. The average Bonchev–Trinajstić information content (AvgIpc) is 3.17. The molecule has 0 aliphatic carbocycles. The number of nitrogens with zero attached hydrogens (tertiary/aromatic N) is 3. The molecule has 158 valence electrons. The Morgan fingerprint density at radius 1 is 1.07 bits per heavy atom. The first-order valence-corrected chi connectivity index (χ1v) is 11.3. The van der Waals surface area contributed by atoms with Crippen molar-refractivity contribution < 1.29 is 14.3 Å². The molecule has 0 fully saturated rings. The minimum absolute atomic E-state index is 0.0469. The Hall–Kier alpha value is -2.32. The molecule has 0 saturated carbocycles. The van der Waals surface area contributed by atoms with Crippen molar-refractivity contribution in [2.45, 2.75) is 38.1 Å². The molecule has 30 heavy (non-hydrogen) atoms. The number of methoxy groups -OCH3 is 1. The molecule has 1 unspecified atom stereocenters. The van der Waals surface area contributed by atoms with Crippen LogP contribution in [0.1, 0.15) is 49.1 Å². The Labute approximate surface area is 189 Å². The molecule has 1 aromatic heterocycles. The van der Waals surface area contributed by atoms with Gasteiger partial charge < -0.3 is 14.0 Å². The molecule has 0 spiro atoms. The van der Waals surface area contributed by atoms with Crippen molar-refractivity contribution in [3.8, 4) is 11.5 Å². The average molecular weight is 490 g/mol. The first kappa shape index (κ1) is 22.4. The van der Waals surface area contributed by atoms with Gasteiger partial charge in [0.25, 0.3) is 0 Å². The second kappa shape index (κ2) is 10.1. The molecule has 2 aromatic carbocycles. The second-order valence-electron chi connectivity index (χ2n) is 6.93. The van der Waals surface area contributed by atoms with Crippen molar-refractivity contribution in [2.75, 3.05) is 12.9 Å². The lowest BCUT2D eigenvalue weighted by molar-refractivity contribution is 0.102. The van der Waals surface area contributed by atoms with Gasteiger partial charge in [-0.2, -0.15) is 0 Å². The maximum atomic E-state index is 12.5. The van der Waals surface area contributed by atoms with Crippen molar-refractivity contribution >= 4 is 33.5 Å². The quantitative estimate of drug-likeness (QED) is 0.281. The molecule has 3 rings (SSSR count). The van der Waals surface area contributed by atoms with E-state index in [1.807, 2.05) is 60.0 Å². The van der Waals surface area contributed by atoms with E-state index in [-0.39, 0.29) is 23.7 Å². The Bertz CT molecular complexity index is 1010. The summed E-state index contributed by atoms with van der Waals surface area (Å²) in [4.78, 5) is 12.5. The Balaban J connectivity index is 1.76. The largest absolute Gasteiger partial charge is 0.493 e. The number of para-hydroxylation sites is 2. The molecule has 0 bridgehead atoms. The van der Waals surface area contributed by atoms with E-state index in [9.17, 15) is 4.79 Å². The number of rotatable bonds is 9. The molecule has 0 aliphatic heterocycles. The summed E-state index contributed by atoms with van der Waals surface area (Å²) in [5.74, 6) is 2.34. The third kappa shape index (κ3) is 5.23. The van der Waals surface area contributed by atoms with Gasteiger partial charge >= 0.3 is 0 Å². The molecule has 8 heteroatoms. The molecule has 3 aromatic rings. The van der Waals surface area contributed by atoms with Crippen LogP contribution in [0, 0.1) is 0 Å². The highest BCUT2D eigenvalue weighted by atomic mass is 79.9. The van der Waals surface area contributed by atoms with E-state index in [0.717, 1.165) is 4.47 Å². The molecule has 0 saturated heterocycles. The molecule has 0 N–H and O–H groups in total. The summed E-state index contributed by atoms with van der Waals surface area (Å²) in [6.07, 6.45) is -0.340. The molecule has 0 radical (unpaired) electrons. The van der Waals surface area contributed by atoms with Gasteiger partial charge in [-0.3, -0.25) is 4.79 Å². The topological polar surface area (TPSA) is 66.2 Å². The third-order valence-corrected chi connectivity index (χ3v) is 5.91. The molecule has 0 amide bonds. The highest BCUT2D eigenvalue weighted by Crippen LogP contribution is 2.32. The number of hydrogen-bond donors (Lipinski definition) is 0. The first-order valence-electron chi connectivity index (χ1n) is 9.56. The lowest BCUT2D eigenvalue weighted by Crippen LogP contribution is -2.15. The fourth-order valence-corrected chi connectivity index (χ4v) is 4.19. The van der Waals surface area contributed by atoms with Gasteiger partial charge in [0.2, 0.25) is 0 Å². The normalized spacial score (nSPS) is 12.1. The van der Waals surface area contributed by atoms with Crippen molar-refractivity contribution in [3.63, 3.8) is 0 Å². The lowest BCUT2D eigenvalue weighted by atomic mass is 10.2. The van der Waals surface area contributed by atoms with Crippen LogP contribution in [0.15, 0.2) is 58.2 Å². The van der Waals surface area contributed by atoms with Crippen molar-refractivity contribution in [3.05, 3.63) is 64.4 Å². The van der Waals surface area contributed by atoms with Crippen LogP contribution in [-0.2, 0) is 0 Å². The van der Waals surface area contributed by atoms with Crippen LogP contribution in [0.2, 0.25) is 0 Å². The number of ether oxygens (including phenoxy) is 2. The number of ketones is 1. The number of benzene rings is 2. The molecule has 6 nitrogen and oxygen atoms in total. The van der Waals surface area contributed by atoms with Gasteiger partial charge in [-0.1, -0.05) is 52.0 Å². The van der Waals surface area contributed by atoms with Gasteiger partial charge in [0.05, 0.1) is 12.9 Å². The van der Waals surface area contributed by atoms with Crippen LogP contribution >= 0.6 is 27.7 Å². The van der Waals surface area contributed by atoms with E-state index in [1.165, 1.54) is 11.8 Å². The summed E-state index contributed by atoms with van der Waals surface area (Å²) >= 11 is 4.77. The summed E-state index contributed by atoms with van der Waals surface area (Å²) in [5, 5.41) is 9.38. The van der Waals surface area contributed by atoms with Crippen LogP contribution in [0.5, 0.6) is 11.5 Å². The van der Waals surface area contributed by atoms with E-state index in [4.69, 9.17) is 9.47 Å². The van der Waals surface area contributed by atoms with Crippen LogP contribution in [0.3, 0.4) is 0 Å². The number of thioether (sulfide) groups is 1. The van der Waals surface area contributed by atoms with Gasteiger partial charge in [0.1, 0.15) is 0 Å². The van der Waals surface area contributed by atoms with Crippen LogP contribution in [-0.4, -0.2) is 33.4 Å². The molecule has 1 heterocycles. The lowest BCUT2D eigenvalue weighted by Gasteiger charge is -2.19. The number of carbonyl (C=O) groups excluding carboxylic acids is 1. The summed E-state index contributed by atoms with van der Waals surface area (Å²) in [6, 6.07) is 15.0. The second-order valence-corrected chi connectivity index (χ2v) is 8.79. The predicted octanol–water partition coefficient (Wildman–Crippen LogP) is 5.75. The van der Waals surface area contributed by atoms with E-state index < -0.39 is 0 Å². The SMILES string of the molecule is COc1ccccc1OC(C)c1nnc(SCC(=O)c2ccc(Br)cc2)n1C(C)C. The first-order chi connectivity index (χ1) is 14.4. The van der Waals surface area contributed by atoms with Gasteiger partial charge in [0.15, 0.2) is 34.4 Å². The zero-order valence-electron chi connectivity index (χ0n) is 17.3. The summed E-state index contributed by atoms with van der Waals surface area (Å²) in [7, 11) is 1.61. The molecule has 1 atom stereocenters. The standard InChI is InChI=1S/C22H24BrN3O3S/c1-14(2)26-21(15(3)29-20-8-6-5-7-19(20)28-4)24-25-22(26)30-13-18(27)16-9-11-17(23)12-10-16/h5-12,14-15H,13H2,1-4H3.